The molecule has 1 saturated carbocycles. The first-order valence-electron chi connectivity index (χ1n) is 5.72. The fraction of sp³-hybridized carbons (Fsp3) is 0.417. The lowest BCUT2D eigenvalue weighted by atomic mass is 9.93. The number of thiocarbonyl (C=S) groups is 1. The van der Waals surface area contributed by atoms with E-state index in [4.69, 9.17) is 18.0 Å². The molecule has 0 saturated heterocycles. The van der Waals surface area contributed by atoms with Crippen molar-refractivity contribution >= 4 is 28.9 Å². The van der Waals surface area contributed by atoms with E-state index in [1.807, 2.05) is 18.2 Å². The predicted octanol–water partition coefficient (Wildman–Crippen LogP) is 1.64. The Morgan fingerprint density at radius 2 is 2.29 bits per heavy atom. The molecule has 2 N–H and O–H groups in total. The summed E-state index contributed by atoms with van der Waals surface area (Å²) in [4.78, 5) is 17.8. The Balaban J connectivity index is 2.29. The molecule has 1 fully saturated rings. The molecule has 0 bridgehead atoms. The molecule has 1 aromatic heterocycles. The molecule has 4 nitrogen and oxygen atoms in total. The summed E-state index contributed by atoms with van der Waals surface area (Å²) < 4.78 is 0. The molecule has 0 aliphatic heterocycles. The van der Waals surface area contributed by atoms with Crippen molar-refractivity contribution in [2.24, 2.45) is 5.73 Å². The zero-order valence-corrected chi connectivity index (χ0v) is 10.3. The summed E-state index contributed by atoms with van der Waals surface area (Å²) in [6, 6.07) is 5.27. The van der Waals surface area contributed by atoms with E-state index in [1.165, 1.54) is 0 Å². The fourth-order valence-corrected chi connectivity index (χ4v) is 2.38. The summed E-state index contributed by atoms with van der Waals surface area (Å²) in [7, 11) is 0. The molecule has 1 aromatic rings. The Morgan fingerprint density at radius 3 is 2.88 bits per heavy atom. The van der Waals surface area contributed by atoms with Crippen molar-refractivity contribution in [2.75, 3.05) is 4.90 Å². The fourth-order valence-electron chi connectivity index (χ4n) is 2.16. The van der Waals surface area contributed by atoms with E-state index in [0.717, 1.165) is 19.3 Å². The lowest BCUT2D eigenvalue weighted by molar-refractivity contribution is -0.121. The number of nitrogens with two attached hydrogens (primary N) is 1. The number of nitrogens with zero attached hydrogens (tertiary/aromatic N) is 2. The summed E-state index contributed by atoms with van der Waals surface area (Å²) in [6.45, 7) is 0. The van der Waals surface area contributed by atoms with Crippen LogP contribution in [-0.4, -0.2) is 21.9 Å². The van der Waals surface area contributed by atoms with E-state index in [-0.39, 0.29) is 16.9 Å². The zero-order chi connectivity index (χ0) is 12.3. The van der Waals surface area contributed by atoms with Crippen LogP contribution in [0, 0.1) is 0 Å². The normalized spacial score (nSPS) is 20.0. The minimum Gasteiger partial charge on any atom is -0.376 e. The highest BCUT2D eigenvalue weighted by Crippen LogP contribution is 2.23. The predicted molar refractivity (Wildman–Crippen MR) is 70.8 cm³/mol. The lowest BCUT2D eigenvalue weighted by Gasteiger charge is -2.32. The highest BCUT2D eigenvalue weighted by molar-refractivity contribution is 7.80. The highest BCUT2D eigenvalue weighted by atomic mass is 32.1. The number of Topliss-reactive ketones (excluding diaryl/α,β-unsaturated/α-hetero) is 1. The molecule has 5 heteroatoms. The average Bonchev–Trinajstić information content (AvgIpc) is 2.33. The third kappa shape index (κ3) is 2.61. The third-order valence-electron chi connectivity index (χ3n) is 2.97. The molecule has 0 radical (unpaired) electrons. The van der Waals surface area contributed by atoms with Gasteiger partial charge in [-0.1, -0.05) is 12.5 Å². The number of rotatable bonds is 2. The summed E-state index contributed by atoms with van der Waals surface area (Å²) in [6.07, 6.45) is 5.07. The van der Waals surface area contributed by atoms with E-state index < -0.39 is 0 Å². The van der Waals surface area contributed by atoms with Crippen LogP contribution in [-0.2, 0) is 4.79 Å². The van der Waals surface area contributed by atoms with Crippen molar-refractivity contribution in [3.05, 3.63) is 24.4 Å². The molecule has 0 aromatic carbocycles. The molecule has 90 valence electrons. The van der Waals surface area contributed by atoms with Gasteiger partial charge < -0.3 is 5.73 Å². The van der Waals surface area contributed by atoms with Gasteiger partial charge in [-0.3, -0.25) is 9.69 Å². The van der Waals surface area contributed by atoms with Crippen molar-refractivity contribution in [3.63, 3.8) is 0 Å². The highest BCUT2D eigenvalue weighted by Gasteiger charge is 2.30. The zero-order valence-electron chi connectivity index (χ0n) is 9.50. The summed E-state index contributed by atoms with van der Waals surface area (Å²) in [5.74, 6) is 0.856. The van der Waals surface area contributed by atoms with Crippen molar-refractivity contribution in [2.45, 2.75) is 31.7 Å². The van der Waals surface area contributed by atoms with Crippen LogP contribution >= 0.6 is 12.2 Å². The Kier molecular flexibility index (Phi) is 3.68. The van der Waals surface area contributed by atoms with Crippen LogP contribution in [0.5, 0.6) is 0 Å². The summed E-state index contributed by atoms with van der Waals surface area (Å²) in [5, 5.41) is 0.212. The van der Waals surface area contributed by atoms with Gasteiger partial charge in [-0.25, -0.2) is 4.98 Å². The number of pyridine rings is 1. The van der Waals surface area contributed by atoms with E-state index in [9.17, 15) is 4.79 Å². The van der Waals surface area contributed by atoms with Crippen LogP contribution in [0.25, 0.3) is 0 Å². The smallest absolute Gasteiger partial charge is 0.172 e. The molecule has 2 rings (SSSR count). The standard InChI is InChI=1S/C12H15N3OS/c13-12(17)15(11-7-3-4-8-14-11)9-5-1-2-6-10(9)16/h3-4,7-9H,1-2,5-6H2,(H2,13,17). The van der Waals surface area contributed by atoms with Crippen molar-refractivity contribution in [1.82, 2.24) is 4.98 Å². The molecule has 1 aliphatic carbocycles. The number of ketones is 1. The molecule has 0 spiro atoms. The third-order valence-corrected chi connectivity index (χ3v) is 3.16. The summed E-state index contributed by atoms with van der Waals surface area (Å²) >= 11 is 5.04. The SMILES string of the molecule is NC(=S)N(c1ccccn1)C1CCCCC1=O. The van der Waals surface area contributed by atoms with E-state index in [0.29, 0.717) is 12.2 Å². The second-order valence-corrected chi connectivity index (χ2v) is 4.54. The Labute approximate surface area is 106 Å². The maximum Gasteiger partial charge on any atom is 0.172 e. The summed E-state index contributed by atoms with van der Waals surface area (Å²) in [5.41, 5.74) is 5.73. The van der Waals surface area contributed by atoms with Gasteiger partial charge in [0.25, 0.3) is 0 Å². The molecule has 1 heterocycles. The molecule has 1 atom stereocenters. The Hall–Kier alpha value is -1.49. The van der Waals surface area contributed by atoms with Crippen LogP contribution in [0.2, 0.25) is 0 Å². The largest absolute Gasteiger partial charge is 0.376 e. The van der Waals surface area contributed by atoms with Gasteiger partial charge in [0.2, 0.25) is 0 Å². The second kappa shape index (κ2) is 5.23. The van der Waals surface area contributed by atoms with E-state index in [2.05, 4.69) is 4.98 Å². The van der Waals surface area contributed by atoms with Crippen molar-refractivity contribution in [1.29, 1.82) is 0 Å². The minimum atomic E-state index is -0.240. The number of hydrogen-bond acceptors (Lipinski definition) is 3. The number of anilines is 1. The van der Waals surface area contributed by atoms with E-state index >= 15 is 0 Å². The topological polar surface area (TPSA) is 59.2 Å². The molecule has 1 aliphatic rings. The Bertz CT molecular complexity index is 421. The van der Waals surface area contributed by atoms with Crippen LogP contribution in [0.1, 0.15) is 25.7 Å². The van der Waals surface area contributed by atoms with Crippen molar-refractivity contribution < 1.29 is 4.79 Å². The Morgan fingerprint density at radius 1 is 1.47 bits per heavy atom. The van der Waals surface area contributed by atoms with Gasteiger partial charge in [-0.2, -0.15) is 0 Å². The monoisotopic (exact) mass is 249 g/mol. The first-order valence-corrected chi connectivity index (χ1v) is 6.13. The maximum atomic E-state index is 11.9. The molecule has 0 amide bonds. The van der Waals surface area contributed by atoms with Gasteiger partial charge in [-0.05, 0) is 37.2 Å². The quantitative estimate of drug-likeness (QED) is 0.807. The van der Waals surface area contributed by atoms with Gasteiger partial charge in [0.1, 0.15) is 5.82 Å². The average molecular weight is 249 g/mol. The maximum absolute atomic E-state index is 11.9. The molecular formula is C12H15N3OS. The van der Waals surface area contributed by atoms with Gasteiger partial charge in [0.15, 0.2) is 10.9 Å². The van der Waals surface area contributed by atoms with Gasteiger partial charge in [0.05, 0.1) is 6.04 Å². The number of hydrogen-bond donors (Lipinski definition) is 1. The van der Waals surface area contributed by atoms with Crippen LogP contribution in [0.15, 0.2) is 24.4 Å². The van der Waals surface area contributed by atoms with Crippen LogP contribution in [0.3, 0.4) is 0 Å². The van der Waals surface area contributed by atoms with Crippen LogP contribution < -0.4 is 10.6 Å². The van der Waals surface area contributed by atoms with Crippen LogP contribution in [0.4, 0.5) is 5.82 Å². The molecular weight excluding hydrogens is 234 g/mol. The van der Waals surface area contributed by atoms with Gasteiger partial charge in [0, 0.05) is 12.6 Å². The number of carbonyl (C=O) groups excluding carboxylic acids is 1. The van der Waals surface area contributed by atoms with Crippen molar-refractivity contribution in [3.8, 4) is 0 Å². The van der Waals surface area contributed by atoms with E-state index in [1.54, 1.807) is 11.1 Å². The number of aromatic nitrogens is 1. The minimum absolute atomic E-state index is 0.203. The molecule has 17 heavy (non-hydrogen) atoms. The van der Waals surface area contributed by atoms with Gasteiger partial charge in [-0.15, -0.1) is 0 Å². The molecule has 1 unspecified atom stereocenters. The second-order valence-electron chi connectivity index (χ2n) is 4.12. The number of carbonyl (C=O) groups is 1. The lowest BCUT2D eigenvalue weighted by Crippen LogP contribution is -2.49. The first-order chi connectivity index (χ1) is 8.20. The first kappa shape index (κ1) is 12.0. The van der Waals surface area contributed by atoms with Gasteiger partial charge >= 0.3 is 0 Å².